The number of pyridine rings is 1. The van der Waals surface area contributed by atoms with Gasteiger partial charge in [-0.3, -0.25) is 0 Å². The van der Waals surface area contributed by atoms with E-state index < -0.39 is 5.82 Å². The van der Waals surface area contributed by atoms with Crippen LogP contribution in [0, 0.1) is 17.1 Å². The van der Waals surface area contributed by atoms with Crippen LogP contribution in [0.1, 0.15) is 5.69 Å². The Hall–Kier alpha value is -2.12. The monoisotopic (exact) mass is 248 g/mol. The summed E-state index contributed by atoms with van der Waals surface area (Å²) >= 11 is 5.81. The summed E-state index contributed by atoms with van der Waals surface area (Å²) in [6.45, 7) is 0. The minimum Gasteiger partial charge on any atom is -0.453 e. The maximum absolute atomic E-state index is 12.8. The third-order valence-corrected chi connectivity index (χ3v) is 2.29. The van der Waals surface area contributed by atoms with Crippen LogP contribution in [0.2, 0.25) is 5.02 Å². The Balaban J connectivity index is 2.35. The van der Waals surface area contributed by atoms with Gasteiger partial charge in [-0.25, -0.2) is 9.37 Å². The molecule has 0 spiro atoms. The van der Waals surface area contributed by atoms with Crippen LogP contribution in [0.3, 0.4) is 0 Å². The Morgan fingerprint density at radius 1 is 1.29 bits per heavy atom. The van der Waals surface area contributed by atoms with E-state index in [9.17, 15) is 4.39 Å². The number of nitriles is 1. The van der Waals surface area contributed by atoms with E-state index in [2.05, 4.69) is 4.98 Å². The van der Waals surface area contributed by atoms with Crippen molar-refractivity contribution in [1.29, 1.82) is 5.26 Å². The van der Waals surface area contributed by atoms with E-state index in [4.69, 9.17) is 21.6 Å². The smallest absolute Gasteiger partial charge is 0.183 e. The quantitative estimate of drug-likeness (QED) is 0.817. The fourth-order valence-electron chi connectivity index (χ4n) is 1.23. The molecule has 0 aliphatic heterocycles. The lowest BCUT2D eigenvalue weighted by Crippen LogP contribution is -1.91. The zero-order valence-electron chi connectivity index (χ0n) is 8.52. The Morgan fingerprint density at radius 3 is 2.82 bits per heavy atom. The summed E-state index contributed by atoms with van der Waals surface area (Å²) in [5, 5.41) is 8.96. The highest BCUT2D eigenvalue weighted by Crippen LogP contribution is 2.30. The normalized spacial score (nSPS) is 9.71. The summed E-state index contributed by atoms with van der Waals surface area (Å²) in [5.41, 5.74) is 0.146. The molecule has 0 aliphatic carbocycles. The average Bonchev–Trinajstić information content (AvgIpc) is 2.33. The Bertz CT molecular complexity index is 595. The van der Waals surface area contributed by atoms with E-state index in [-0.39, 0.29) is 22.2 Å². The zero-order valence-corrected chi connectivity index (χ0v) is 9.28. The molecule has 1 aromatic carbocycles. The lowest BCUT2D eigenvalue weighted by molar-refractivity contribution is 0.476. The molecule has 0 fully saturated rings. The van der Waals surface area contributed by atoms with E-state index in [1.807, 2.05) is 6.07 Å². The molecule has 0 aliphatic rings. The van der Waals surface area contributed by atoms with Crippen LogP contribution in [0.15, 0.2) is 36.5 Å². The summed E-state index contributed by atoms with van der Waals surface area (Å²) in [7, 11) is 0. The molecule has 0 amide bonds. The largest absolute Gasteiger partial charge is 0.453 e. The number of hydrogen-bond acceptors (Lipinski definition) is 3. The molecule has 0 N–H and O–H groups in total. The number of hydrogen-bond donors (Lipinski definition) is 0. The summed E-state index contributed by atoms with van der Waals surface area (Å²) in [6.07, 6.45) is 1.48. The third kappa shape index (κ3) is 2.52. The van der Waals surface area contributed by atoms with Gasteiger partial charge in [0.05, 0.1) is 5.02 Å². The lowest BCUT2D eigenvalue weighted by Gasteiger charge is -2.07. The summed E-state index contributed by atoms with van der Waals surface area (Å²) < 4.78 is 18.2. The first-order chi connectivity index (χ1) is 8.20. The van der Waals surface area contributed by atoms with E-state index in [1.165, 1.54) is 18.3 Å². The van der Waals surface area contributed by atoms with Crippen LogP contribution in [0.25, 0.3) is 0 Å². The molecule has 2 aromatic rings. The van der Waals surface area contributed by atoms with Crippen molar-refractivity contribution in [1.82, 2.24) is 4.98 Å². The highest BCUT2D eigenvalue weighted by molar-refractivity contribution is 6.32. The van der Waals surface area contributed by atoms with E-state index >= 15 is 0 Å². The zero-order chi connectivity index (χ0) is 12.3. The second-order valence-corrected chi connectivity index (χ2v) is 3.55. The van der Waals surface area contributed by atoms with Crippen molar-refractivity contribution < 1.29 is 9.13 Å². The molecule has 0 saturated carbocycles. The van der Waals surface area contributed by atoms with Gasteiger partial charge in [0, 0.05) is 6.20 Å². The molecular weight excluding hydrogens is 243 g/mol. The fraction of sp³-hybridized carbons (Fsp3) is 0. The number of aromatic nitrogens is 1. The second-order valence-electron chi connectivity index (χ2n) is 3.14. The van der Waals surface area contributed by atoms with Crippen LogP contribution >= 0.6 is 11.6 Å². The van der Waals surface area contributed by atoms with Gasteiger partial charge in [0.25, 0.3) is 0 Å². The molecule has 1 aromatic heterocycles. The lowest BCUT2D eigenvalue weighted by atomic mass is 10.3. The topological polar surface area (TPSA) is 45.9 Å². The standard InChI is InChI=1S/C12H6ClFN2O/c13-9-6-8(14)3-4-11(9)17-12-2-1-5-16-10(12)7-15/h1-6H. The van der Waals surface area contributed by atoms with Crippen molar-refractivity contribution in [3.63, 3.8) is 0 Å². The third-order valence-electron chi connectivity index (χ3n) is 1.99. The summed E-state index contributed by atoms with van der Waals surface area (Å²) in [6, 6.07) is 8.87. The minimum atomic E-state index is -0.450. The molecule has 0 unspecified atom stereocenters. The highest BCUT2D eigenvalue weighted by atomic mass is 35.5. The van der Waals surface area contributed by atoms with Gasteiger partial charge in [-0.1, -0.05) is 11.6 Å². The second kappa shape index (κ2) is 4.81. The highest BCUT2D eigenvalue weighted by Gasteiger charge is 2.08. The molecule has 5 heteroatoms. The van der Waals surface area contributed by atoms with Crippen molar-refractivity contribution in [3.05, 3.63) is 53.1 Å². The number of nitrogens with zero attached hydrogens (tertiary/aromatic N) is 2. The van der Waals surface area contributed by atoms with Crippen molar-refractivity contribution in [3.8, 4) is 17.6 Å². The molecular formula is C12H6ClFN2O. The van der Waals surface area contributed by atoms with Gasteiger partial charge in [0.15, 0.2) is 11.4 Å². The van der Waals surface area contributed by atoms with Crippen LogP contribution in [-0.4, -0.2) is 4.98 Å². The fourth-order valence-corrected chi connectivity index (χ4v) is 1.44. The van der Waals surface area contributed by atoms with Crippen LogP contribution in [0.4, 0.5) is 4.39 Å². The van der Waals surface area contributed by atoms with Crippen LogP contribution in [-0.2, 0) is 0 Å². The Morgan fingerprint density at radius 2 is 2.12 bits per heavy atom. The van der Waals surface area contributed by atoms with Crippen LogP contribution < -0.4 is 4.74 Å². The van der Waals surface area contributed by atoms with Crippen molar-refractivity contribution in [2.45, 2.75) is 0 Å². The van der Waals surface area contributed by atoms with E-state index in [0.29, 0.717) is 0 Å². The summed E-state index contributed by atoms with van der Waals surface area (Å²) in [5.74, 6) is 0.107. The maximum Gasteiger partial charge on any atom is 0.183 e. The first-order valence-electron chi connectivity index (χ1n) is 4.69. The molecule has 2 rings (SSSR count). The first-order valence-corrected chi connectivity index (χ1v) is 5.06. The van der Waals surface area contributed by atoms with Gasteiger partial charge >= 0.3 is 0 Å². The van der Waals surface area contributed by atoms with Gasteiger partial charge in [-0.2, -0.15) is 5.26 Å². The van der Waals surface area contributed by atoms with Crippen molar-refractivity contribution in [2.75, 3.05) is 0 Å². The van der Waals surface area contributed by atoms with Gasteiger partial charge in [-0.05, 0) is 30.3 Å². The predicted molar refractivity (Wildman–Crippen MR) is 60.4 cm³/mol. The van der Waals surface area contributed by atoms with Crippen molar-refractivity contribution >= 4 is 11.6 Å². The number of rotatable bonds is 2. The first kappa shape index (κ1) is 11.4. The minimum absolute atomic E-state index is 0.137. The molecule has 3 nitrogen and oxygen atoms in total. The van der Waals surface area contributed by atoms with Gasteiger partial charge in [-0.15, -0.1) is 0 Å². The molecule has 0 saturated heterocycles. The maximum atomic E-state index is 12.8. The van der Waals surface area contributed by atoms with Gasteiger partial charge < -0.3 is 4.74 Å². The molecule has 0 radical (unpaired) electrons. The van der Waals surface area contributed by atoms with Gasteiger partial charge in [0.2, 0.25) is 0 Å². The predicted octanol–water partition coefficient (Wildman–Crippen LogP) is 3.54. The SMILES string of the molecule is N#Cc1ncccc1Oc1ccc(F)cc1Cl. The molecule has 17 heavy (non-hydrogen) atoms. The van der Waals surface area contributed by atoms with Gasteiger partial charge in [0.1, 0.15) is 17.6 Å². The molecule has 0 bridgehead atoms. The van der Waals surface area contributed by atoms with Crippen molar-refractivity contribution in [2.24, 2.45) is 0 Å². The van der Waals surface area contributed by atoms with E-state index in [1.54, 1.807) is 12.1 Å². The average molecular weight is 249 g/mol. The van der Waals surface area contributed by atoms with E-state index in [0.717, 1.165) is 6.07 Å². The molecule has 0 atom stereocenters. The Labute approximate surface area is 102 Å². The molecule has 1 heterocycles. The number of ether oxygens (including phenoxy) is 1. The summed E-state index contributed by atoms with van der Waals surface area (Å²) in [4.78, 5) is 3.84. The number of halogens is 2. The molecule has 84 valence electrons. The Kier molecular flexibility index (Phi) is 3.22. The number of benzene rings is 1. The van der Waals surface area contributed by atoms with Crippen LogP contribution in [0.5, 0.6) is 11.5 Å².